The number of halogens is 2. The molecule has 1 aliphatic heterocycles. The number of para-hydroxylation sites is 1. The molecule has 0 bridgehead atoms. The summed E-state index contributed by atoms with van der Waals surface area (Å²) < 4.78 is 0. The quantitative estimate of drug-likeness (QED) is 0.598. The largest absolute Gasteiger partial charge is 0.323 e. The van der Waals surface area contributed by atoms with Crippen LogP contribution in [0, 0.1) is 10.1 Å². The van der Waals surface area contributed by atoms with Crippen molar-refractivity contribution in [3.05, 3.63) is 68.2 Å². The number of hydrogen-bond acceptors (Lipinski definition) is 4. The van der Waals surface area contributed by atoms with Gasteiger partial charge >= 0.3 is 0 Å². The lowest BCUT2D eigenvalue weighted by Crippen LogP contribution is -2.39. The fourth-order valence-electron chi connectivity index (χ4n) is 3.16. The molecule has 2 aromatic rings. The second kappa shape index (κ2) is 8.03. The van der Waals surface area contributed by atoms with Crippen LogP contribution in [0.4, 0.5) is 11.4 Å². The third-order valence-electron chi connectivity index (χ3n) is 4.41. The van der Waals surface area contributed by atoms with E-state index in [-0.39, 0.29) is 17.6 Å². The fourth-order valence-corrected chi connectivity index (χ4v) is 3.50. The molecule has 1 fully saturated rings. The topological polar surface area (TPSA) is 75.5 Å². The first-order valence-corrected chi connectivity index (χ1v) is 8.93. The summed E-state index contributed by atoms with van der Waals surface area (Å²) >= 11 is 12.1. The second-order valence-electron chi connectivity index (χ2n) is 6.13. The minimum atomic E-state index is -0.397. The third kappa shape index (κ3) is 4.15. The van der Waals surface area contributed by atoms with Crippen LogP contribution in [0.1, 0.15) is 18.4 Å². The van der Waals surface area contributed by atoms with Crippen molar-refractivity contribution in [3.8, 4) is 0 Å². The lowest BCUT2D eigenvalue weighted by Gasteiger charge is -2.24. The Morgan fingerprint density at radius 3 is 2.81 bits per heavy atom. The van der Waals surface area contributed by atoms with Gasteiger partial charge in [0, 0.05) is 23.2 Å². The van der Waals surface area contributed by atoms with Crippen LogP contribution >= 0.6 is 23.2 Å². The summed E-state index contributed by atoms with van der Waals surface area (Å²) in [5.74, 6) is -0.190. The Morgan fingerprint density at radius 1 is 1.27 bits per heavy atom. The molecule has 8 heteroatoms. The molecular formula is C18H17Cl2N3O3. The predicted octanol–water partition coefficient (Wildman–Crippen LogP) is 4.50. The molecule has 0 radical (unpaired) electrons. The summed E-state index contributed by atoms with van der Waals surface area (Å²) in [7, 11) is 0. The highest BCUT2D eigenvalue weighted by Crippen LogP contribution is 2.28. The number of likely N-dealkylation sites (tertiary alicyclic amines) is 1. The molecule has 1 N–H and O–H groups in total. The Morgan fingerprint density at radius 2 is 2.04 bits per heavy atom. The summed E-state index contributed by atoms with van der Waals surface area (Å²) in [6.07, 6.45) is 1.53. The SMILES string of the molecule is O=C(Nc1cc(Cl)ccc1Cl)[C@@H]1CCCN1Cc1ccccc1[N+](=O)[O-]. The monoisotopic (exact) mass is 393 g/mol. The summed E-state index contributed by atoms with van der Waals surface area (Å²) in [6, 6.07) is 11.1. The fraction of sp³-hybridized carbons (Fsp3) is 0.278. The van der Waals surface area contributed by atoms with Crippen molar-refractivity contribution < 1.29 is 9.72 Å². The van der Waals surface area contributed by atoms with Crippen LogP contribution in [0.3, 0.4) is 0 Å². The summed E-state index contributed by atoms with van der Waals surface area (Å²) in [5, 5.41) is 14.9. The molecule has 0 aliphatic carbocycles. The molecule has 0 spiro atoms. The average molecular weight is 394 g/mol. The summed E-state index contributed by atoms with van der Waals surface area (Å²) in [6.45, 7) is 1.05. The Balaban J connectivity index is 1.75. The van der Waals surface area contributed by atoms with Gasteiger partial charge in [0.1, 0.15) is 0 Å². The number of nitrogens with zero attached hydrogens (tertiary/aromatic N) is 2. The van der Waals surface area contributed by atoms with Crippen LogP contribution in [0.15, 0.2) is 42.5 Å². The Kier molecular flexibility index (Phi) is 5.76. The Bertz CT molecular complexity index is 844. The van der Waals surface area contributed by atoms with E-state index in [1.54, 1.807) is 36.4 Å². The molecule has 0 aromatic heterocycles. The van der Waals surface area contributed by atoms with Gasteiger partial charge in [-0.15, -0.1) is 0 Å². The number of carbonyl (C=O) groups excluding carboxylic acids is 1. The highest BCUT2D eigenvalue weighted by molar-refractivity contribution is 6.35. The first-order valence-electron chi connectivity index (χ1n) is 8.18. The minimum absolute atomic E-state index is 0.0662. The molecule has 0 saturated carbocycles. The Hall–Kier alpha value is -2.15. The number of anilines is 1. The smallest absolute Gasteiger partial charge is 0.273 e. The lowest BCUT2D eigenvalue weighted by molar-refractivity contribution is -0.385. The zero-order valence-corrected chi connectivity index (χ0v) is 15.3. The molecule has 6 nitrogen and oxygen atoms in total. The van der Waals surface area contributed by atoms with Crippen LogP contribution in [0.25, 0.3) is 0 Å². The van der Waals surface area contributed by atoms with E-state index in [0.29, 0.717) is 40.8 Å². The highest BCUT2D eigenvalue weighted by atomic mass is 35.5. The van der Waals surface area contributed by atoms with Gasteiger partial charge < -0.3 is 5.32 Å². The molecule has 2 aromatic carbocycles. The maximum absolute atomic E-state index is 12.7. The van der Waals surface area contributed by atoms with Crippen molar-refractivity contribution in [1.82, 2.24) is 4.90 Å². The number of carbonyl (C=O) groups is 1. The molecule has 1 atom stereocenters. The van der Waals surface area contributed by atoms with Gasteiger partial charge in [-0.1, -0.05) is 41.4 Å². The summed E-state index contributed by atoms with van der Waals surface area (Å²) in [4.78, 5) is 25.5. The van der Waals surface area contributed by atoms with Gasteiger partial charge in [0.05, 0.1) is 21.7 Å². The van der Waals surface area contributed by atoms with E-state index >= 15 is 0 Å². The molecule has 1 aliphatic rings. The van der Waals surface area contributed by atoms with E-state index in [4.69, 9.17) is 23.2 Å². The van der Waals surface area contributed by atoms with Crippen LogP contribution < -0.4 is 5.32 Å². The molecule has 1 heterocycles. The maximum Gasteiger partial charge on any atom is 0.273 e. The normalized spacial score (nSPS) is 17.2. The van der Waals surface area contributed by atoms with E-state index in [2.05, 4.69) is 5.32 Å². The number of nitrogens with one attached hydrogen (secondary N) is 1. The number of hydrogen-bond donors (Lipinski definition) is 1. The van der Waals surface area contributed by atoms with Gasteiger partial charge in [0.25, 0.3) is 5.69 Å². The second-order valence-corrected chi connectivity index (χ2v) is 6.97. The number of benzene rings is 2. The number of rotatable bonds is 5. The molecular weight excluding hydrogens is 377 g/mol. The van der Waals surface area contributed by atoms with E-state index in [9.17, 15) is 14.9 Å². The van der Waals surface area contributed by atoms with E-state index < -0.39 is 4.92 Å². The zero-order chi connectivity index (χ0) is 18.7. The van der Waals surface area contributed by atoms with E-state index in [0.717, 1.165) is 6.42 Å². The van der Waals surface area contributed by atoms with E-state index in [1.165, 1.54) is 6.07 Å². The van der Waals surface area contributed by atoms with Gasteiger partial charge in [-0.05, 0) is 37.6 Å². The van der Waals surface area contributed by atoms with Crippen LogP contribution in [0.2, 0.25) is 10.0 Å². The minimum Gasteiger partial charge on any atom is -0.323 e. The van der Waals surface area contributed by atoms with Gasteiger partial charge in [-0.2, -0.15) is 0 Å². The van der Waals surface area contributed by atoms with Crippen LogP contribution in [0.5, 0.6) is 0 Å². The van der Waals surface area contributed by atoms with Gasteiger partial charge in [0.15, 0.2) is 0 Å². The van der Waals surface area contributed by atoms with Crippen molar-refractivity contribution in [2.75, 3.05) is 11.9 Å². The van der Waals surface area contributed by atoms with Gasteiger partial charge in [-0.25, -0.2) is 0 Å². The van der Waals surface area contributed by atoms with Crippen molar-refractivity contribution in [2.45, 2.75) is 25.4 Å². The molecule has 1 amide bonds. The lowest BCUT2D eigenvalue weighted by atomic mass is 10.1. The van der Waals surface area contributed by atoms with Gasteiger partial charge in [0.2, 0.25) is 5.91 Å². The van der Waals surface area contributed by atoms with Gasteiger partial charge in [-0.3, -0.25) is 19.8 Å². The highest BCUT2D eigenvalue weighted by Gasteiger charge is 2.32. The van der Waals surface area contributed by atoms with Crippen LogP contribution in [-0.4, -0.2) is 28.3 Å². The van der Waals surface area contributed by atoms with Crippen molar-refractivity contribution in [2.24, 2.45) is 0 Å². The third-order valence-corrected chi connectivity index (χ3v) is 4.98. The zero-order valence-electron chi connectivity index (χ0n) is 13.8. The van der Waals surface area contributed by atoms with Crippen molar-refractivity contribution >= 4 is 40.5 Å². The van der Waals surface area contributed by atoms with Crippen molar-refractivity contribution in [3.63, 3.8) is 0 Å². The first kappa shape index (κ1) is 18.6. The first-order chi connectivity index (χ1) is 12.5. The standard InChI is InChI=1S/C18H17Cl2N3O3/c19-13-7-8-14(20)15(10-13)21-18(24)17-6-3-9-22(17)11-12-4-1-2-5-16(12)23(25)26/h1-2,4-5,7-8,10,17H,3,6,9,11H2,(H,21,24)/t17-/m0/s1. The maximum atomic E-state index is 12.7. The molecule has 26 heavy (non-hydrogen) atoms. The number of nitro benzene ring substituents is 1. The molecule has 136 valence electrons. The van der Waals surface area contributed by atoms with Crippen LogP contribution in [-0.2, 0) is 11.3 Å². The van der Waals surface area contributed by atoms with E-state index in [1.807, 2.05) is 4.90 Å². The Labute approximate surface area is 160 Å². The average Bonchev–Trinajstić information content (AvgIpc) is 3.06. The van der Waals surface area contributed by atoms with Crippen molar-refractivity contribution in [1.29, 1.82) is 0 Å². The molecule has 1 saturated heterocycles. The predicted molar refractivity (Wildman–Crippen MR) is 102 cm³/mol. The number of nitro groups is 1. The molecule has 0 unspecified atom stereocenters. The summed E-state index contributed by atoms with van der Waals surface area (Å²) in [5.41, 5.74) is 1.12. The number of amides is 1. The molecule has 3 rings (SSSR count).